The Bertz CT molecular complexity index is 730. The molecule has 0 aliphatic rings. The van der Waals surface area contributed by atoms with Gasteiger partial charge in [-0.25, -0.2) is 0 Å². The summed E-state index contributed by atoms with van der Waals surface area (Å²) in [6, 6.07) is 8.38. The fourth-order valence-electron chi connectivity index (χ4n) is 2.01. The van der Waals surface area contributed by atoms with Crippen LogP contribution in [0.5, 0.6) is 5.75 Å². The van der Waals surface area contributed by atoms with Crippen molar-refractivity contribution in [3.63, 3.8) is 0 Å². The Morgan fingerprint density at radius 1 is 1.20 bits per heavy atom. The zero-order valence-corrected chi connectivity index (χ0v) is 14.9. The van der Waals surface area contributed by atoms with Crippen LogP contribution in [0.2, 0.25) is 0 Å². The van der Waals surface area contributed by atoms with Gasteiger partial charge in [-0.05, 0) is 31.2 Å². The molecule has 0 saturated carbocycles. The molecule has 0 bridgehead atoms. The third kappa shape index (κ3) is 5.34. The van der Waals surface area contributed by atoms with Crippen LogP contribution >= 0.6 is 0 Å². The molecule has 2 rings (SSSR count). The van der Waals surface area contributed by atoms with Gasteiger partial charge in [-0.15, -0.1) is 0 Å². The SMILES string of the molecule is CCOc1ccc(C(=O)NCC(=O)Nc2cc(C(C)(C)C)on2)cc1. The second-order valence-corrected chi connectivity index (χ2v) is 6.51. The molecular formula is C18H23N3O4. The molecule has 1 aromatic carbocycles. The number of carbonyl (C=O) groups excluding carboxylic acids is 2. The second kappa shape index (κ2) is 7.83. The molecule has 0 saturated heterocycles. The van der Waals surface area contributed by atoms with E-state index in [2.05, 4.69) is 15.8 Å². The number of amides is 2. The number of rotatable bonds is 6. The molecule has 0 unspecified atom stereocenters. The molecule has 2 amide bonds. The van der Waals surface area contributed by atoms with E-state index >= 15 is 0 Å². The van der Waals surface area contributed by atoms with Gasteiger partial charge in [0.25, 0.3) is 5.91 Å². The topological polar surface area (TPSA) is 93.5 Å². The highest BCUT2D eigenvalue weighted by molar-refractivity contribution is 5.99. The van der Waals surface area contributed by atoms with E-state index in [9.17, 15) is 9.59 Å². The van der Waals surface area contributed by atoms with Crippen molar-refractivity contribution in [3.8, 4) is 5.75 Å². The predicted molar refractivity (Wildman–Crippen MR) is 93.8 cm³/mol. The van der Waals surface area contributed by atoms with E-state index in [0.29, 0.717) is 29.5 Å². The minimum atomic E-state index is -0.381. The number of benzene rings is 1. The minimum Gasteiger partial charge on any atom is -0.494 e. The van der Waals surface area contributed by atoms with E-state index in [0.717, 1.165) is 0 Å². The summed E-state index contributed by atoms with van der Waals surface area (Å²) in [4.78, 5) is 24.0. The minimum absolute atomic E-state index is 0.163. The average molecular weight is 345 g/mol. The van der Waals surface area contributed by atoms with Crippen LogP contribution in [0.25, 0.3) is 0 Å². The largest absolute Gasteiger partial charge is 0.494 e. The van der Waals surface area contributed by atoms with Crippen molar-refractivity contribution in [1.82, 2.24) is 10.5 Å². The number of anilines is 1. The van der Waals surface area contributed by atoms with E-state index in [-0.39, 0.29) is 23.8 Å². The summed E-state index contributed by atoms with van der Waals surface area (Å²) in [5.74, 6) is 0.964. The summed E-state index contributed by atoms with van der Waals surface area (Å²) in [5, 5.41) is 8.95. The van der Waals surface area contributed by atoms with Crippen LogP contribution in [-0.2, 0) is 10.2 Å². The van der Waals surface area contributed by atoms with Crippen molar-refractivity contribution >= 4 is 17.6 Å². The molecule has 0 atom stereocenters. The summed E-state index contributed by atoms with van der Waals surface area (Å²) in [7, 11) is 0. The highest BCUT2D eigenvalue weighted by atomic mass is 16.5. The van der Waals surface area contributed by atoms with Gasteiger partial charge in [-0.3, -0.25) is 9.59 Å². The summed E-state index contributed by atoms with van der Waals surface area (Å²) in [6.45, 7) is 8.23. The number of hydrogen-bond acceptors (Lipinski definition) is 5. The molecule has 2 aromatic rings. The van der Waals surface area contributed by atoms with Crippen molar-refractivity contribution in [2.45, 2.75) is 33.1 Å². The molecule has 0 fully saturated rings. The van der Waals surface area contributed by atoms with E-state index in [1.165, 1.54) is 0 Å². The first-order valence-electron chi connectivity index (χ1n) is 8.07. The van der Waals surface area contributed by atoms with Crippen LogP contribution in [0.15, 0.2) is 34.9 Å². The third-order valence-electron chi connectivity index (χ3n) is 3.35. The van der Waals surface area contributed by atoms with Crippen LogP contribution in [0.1, 0.15) is 43.8 Å². The molecule has 0 aliphatic heterocycles. The Morgan fingerprint density at radius 2 is 1.88 bits per heavy atom. The summed E-state index contributed by atoms with van der Waals surface area (Å²) in [6.07, 6.45) is 0. The predicted octanol–water partition coefficient (Wildman–Crippen LogP) is 2.74. The van der Waals surface area contributed by atoms with Crippen molar-refractivity contribution < 1.29 is 18.8 Å². The van der Waals surface area contributed by atoms with Gasteiger partial charge >= 0.3 is 0 Å². The molecule has 0 aliphatic carbocycles. The molecule has 7 nitrogen and oxygen atoms in total. The van der Waals surface area contributed by atoms with Crippen LogP contribution < -0.4 is 15.4 Å². The quantitative estimate of drug-likeness (QED) is 0.839. The molecule has 1 heterocycles. The van der Waals surface area contributed by atoms with Crippen molar-refractivity contribution in [3.05, 3.63) is 41.7 Å². The fraction of sp³-hybridized carbons (Fsp3) is 0.389. The van der Waals surface area contributed by atoms with E-state index in [1.54, 1.807) is 30.3 Å². The van der Waals surface area contributed by atoms with Crippen LogP contribution in [0.3, 0.4) is 0 Å². The van der Waals surface area contributed by atoms with Gasteiger partial charge in [0.2, 0.25) is 5.91 Å². The lowest BCUT2D eigenvalue weighted by atomic mass is 9.93. The maximum atomic E-state index is 12.0. The van der Waals surface area contributed by atoms with Gasteiger partial charge in [0.15, 0.2) is 5.82 Å². The molecule has 0 spiro atoms. The van der Waals surface area contributed by atoms with E-state index < -0.39 is 0 Å². The molecule has 25 heavy (non-hydrogen) atoms. The maximum Gasteiger partial charge on any atom is 0.251 e. The van der Waals surface area contributed by atoms with E-state index in [4.69, 9.17) is 9.26 Å². The number of nitrogens with one attached hydrogen (secondary N) is 2. The normalized spacial score (nSPS) is 11.0. The smallest absolute Gasteiger partial charge is 0.251 e. The van der Waals surface area contributed by atoms with Gasteiger partial charge in [0.1, 0.15) is 11.5 Å². The first-order chi connectivity index (χ1) is 11.8. The Morgan fingerprint density at radius 3 is 2.44 bits per heavy atom. The van der Waals surface area contributed by atoms with Gasteiger partial charge in [-0.1, -0.05) is 25.9 Å². The highest BCUT2D eigenvalue weighted by Crippen LogP contribution is 2.24. The zero-order valence-electron chi connectivity index (χ0n) is 14.9. The standard InChI is InChI=1S/C18H23N3O4/c1-5-24-13-8-6-12(7-9-13)17(23)19-11-16(22)20-15-10-14(25-21-15)18(2,3)4/h6-10H,5,11H2,1-4H3,(H,19,23)(H,20,21,22). The lowest BCUT2D eigenvalue weighted by Crippen LogP contribution is -2.32. The van der Waals surface area contributed by atoms with Crippen LogP contribution in [0, 0.1) is 0 Å². The van der Waals surface area contributed by atoms with Gasteiger partial charge in [0.05, 0.1) is 13.2 Å². The number of carbonyl (C=O) groups is 2. The van der Waals surface area contributed by atoms with Gasteiger partial charge < -0.3 is 19.9 Å². The number of ether oxygens (including phenoxy) is 1. The third-order valence-corrected chi connectivity index (χ3v) is 3.35. The van der Waals surface area contributed by atoms with Crippen LogP contribution in [0.4, 0.5) is 5.82 Å². The zero-order chi connectivity index (χ0) is 18.4. The summed E-state index contributed by atoms with van der Waals surface area (Å²) < 4.78 is 10.5. The molecule has 2 N–H and O–H groups in total. The molecule has 1 aromatic heterocycles. The summed E-state index contributed by atoms with van der Waals surface area (Å²) in [5.41, 5.74) is 0.255. The number of hydrogen-bond donors (Lipinski definition) is 2. The van der Waals surface area contributed by atoms with Crippen molar-refractivity contribution in [2.24, 2.45) is 0 Å². The lowest BCUT2D eigenvalue weighted by Gasteiger charge is -2.12. The first kappa shape index (κ1) is 18.5. The van der Waals surface area contributed by atoms with Crippen molar-refractivity contribution in [2.75, 3.05) is 18.5 Å². The Labute approximate surface area is 146 Å². The van der Waals surface area contributed by atoms with Crippen molar-refractivity contribution in [1.29, 1.82) is 0 Å². The lowest BCUT2D eigenvalue weighted by molar-refractivity contribution is -0.115. The number of nitrogens with zero attached hydrogens (tertiary/aromatic N) is 1. The monoisotopic (exact) mass is 345 g/mol. The number of aromatic nitrogens is 1. The van der Waals surface area contributed by atoms with Gasteiger partial charge in [0, 0.05) is 17.0 Å². The average Bonchev–Trinajstić information content (AvgIpc) is 3.02. The van der Waals surface area contributed by atoms with E-state index in [1.807, 2.05) is 27.7 Å². The Balaban J connectivity index is 1.84. The van der Waals surface area contributed by atoms with Gasteiger partial charge in [-0.2, -0.15) is 0 Å². The van der Waals surface area contributed by atoms with Crippen LogP contribution in [-0.4, -0.2) is 30.1 Å². The fourth-order valence-corrected chi connectivity index (χ4v) is 2.01. The highest BCUT2D eigenvalue weighted by Gasteiger charge is 2.20. The molecule has 0 radical (unpaired) electrons. The molecular weight excluding hydrogens is 322 g/mol. The molecule has 134 valence electrons. The second-order valence-electron chi connectivity index (χ2n) is 6.51. The Hall–Kier alpha value is -2.83. The maximum absolute atomic E-state index is 12.0. The first-order valence-corrected chi connectivity index (χ1v) is 8.07. The molecule has 7 heteroatoms. The Kier molecular flexibility index (Phi) is 5.80. The summed E-state index contributed by atoms with van der Waals surface area (Å²) >= 11 is 0.